The van der Waals surface area contributed by atoms with E-state index >= 15 is 0 Å². The smallest absolute Gasteiger partial charge is 0.267 e. The quantitative estimate of drug-likeness (QED) is 0.764. The minimum absolute atomic E-state index is 0.0589. The number of H-pyrrole nitrogens is 1. The van der Waals surface area contributed by atoms with Crippen LogP contribution in [0.1, 0.15) is 11.3 Å². The standard InChI is InChI=1S/C20H24N6O/c1-15-17(13-21-20(22-15)25-10-8-24(2)9-11-25)18-12-19(27)26(23-18)14-16-6-4-3-5-7-16/h3-7,12-13,23H,8-11,14H2,1-2H3. The average molecular weight is 364 g/mol. The molecule has 0 spiro atoms. The van der Waals surface area contributed by atoms with Gasteiger partial charge in [0.15, 0.2) is 0 Å². The largest absolute Gasteiger partial charge is 0.338 e. The van der Waals surface area contributed by atoms with Crippen molar-refractivity contribution in [3.05, 3.63) is 64.2 Å². The van der Waals surface area contributed by atoms with Gasteiger partial charge in [-0.25, -0.2) is 14.6 Å². The van der Waals surface area contributed by atoms with Crippen molar-refractivity contribution in [2.75, 3.05) is 38.1 Å². The van der Waals surface area contributed by atoms with Crippen molar-refractivity contribution in [3.8, 4) is 11.3 Å². The first kappa shape index (κ1) is 17.5. The van der Waals surface area contributed by atoms with Crippen LogP contribution in [-0.2, 0) is 6.54 Å². The number of nitrogens with zero attached hydrogens (tertiary/aromatic N) is 5. The van der Waals surface area contributed by atoms with Crippen LogP contribution in [0.15, 0.2) is 47.4 Å². The predicted molar refractivity (Wildman–Crippen MR) is 106 cm³/mol. The zero-order chi connectivity index (χ0) is 18.8. The van der Waals surface area contributed by atoms with Gasteiger partial charge in [-0.3, -0.25) is 9.89 Å². The maximum absolute atomic E-state index is 12.4. The summed E-state index contributed by atoms with van der Waals surface area (Å²) in [6, 6.07) is 11.5. The monoisotopic (exact) mass is 364 g/mol. The lowest BCUT2D eigenvalue weighted by Gasteiger charge is -2.32. The zero-order valence-electron chi connectivity index (χ0n) is 15.7. The topological polar surface area (TPSA) is 70.1 Å². The Bertz CT molecular complexity index is 970. The predicted octanol–water partition coefficient (Wildman–Crippen LogP) is 1.74. The van der Waals surface area contributed by atoms with Gasteiger partial charge in [0.2, 0.25) is 5.95 Å². The van der Waals surface area contributed by atoms with Crippen LogP contribution in [0.3, 0.4) is 0 Å². The molecule has 1 aliphatic rings. The lowest BCUT2D eigenvalue weighted by Crippen LogP contribution is -2.45. The molecular formula is C20H24N6O. The maximum atomic E-state index is 12.4. The van der Waals surface area contributed by atoms with Crippen molar-refractivity contribution < 1.29 is 0 Å². The van der Waals surface area contributed by atoms with E-state index in [0.29, 0.717) is 6.54 Å². The number of rotatable bonds is 4. The normalized spacial score (nSPS) is 15.3. The van der Waals surface area contributed by atoms with E-state index in [1.54, 1.807) is 10.7 Å². The van der Waals surface area contributed by atoms with Gasteiger partial charge in [0.25, 0.3) is 5.56 Å². The molecule has 3 heterocycles. The summed E-state index contributed by atoms with van der Waals surface area (Å²) in [5.41, 5.74) is 3.49. The van der Waals surface area contributed by atoms with Crippen LogP contribution >= 0.6 is 0 Å². The summed E-state index contributed by atoms with van der Waals surface area (Å²) >= 11 is 0. The Balaban J connectivity index is 1.57. The molecule has 0 saturated carbocycles. The molecule has 1 aromatic carbocycles. The Morgan fingerprint density at radius 2 is 1.85 bits per heavy atom. The van der Waals surface area contributed by atoms with Gasteiger partial charge < -0.3 is 9.80 Å². The van der Waals surface area contributed by atoms with Gasteiger partial charge in [-0.15, -0.1) is 0 Å². The number of hydrogen-bond donors (Lipinski definition) is 1. The van der Waals surface area contributed by atoms with Crippen LogP contribution in [0.5, 0.6) is 0 Å². The minimum atomic E-state index is -0.0589. The highest BCUT2D eigenvalue weighted by molar-refractivity contribution is 5.61. The molecule has 2 aromatic heterocycles. The number of benzene rings is 1. The molecular weight excluding hydrogens is 340 g/mol. The summed E-state index contributed by atoms with van der Waals surface area (Å²) in [6.07, 6.45) is 1.81. The summed E-state index contributed by atoms with van der Waals surface area (Å²) in [6.45, 7) is 6.36. The number of likely N-dealkylation sites (N-methyl/N-ethyl adjacent to an activating group) is 1. The van der Waals surface area contributed by atoms with E-state index in [1.807, 2.05) is 43.5 Å². The van der Waals surface area contributed by atoms with E-state index in [0.717, 1.165) is 54.6 Å². The van der Waals surface area contributed by atoms with Crippen molar-refractivity contribution in [1.29, 1.82) is 0 Å². The molecule has 7 nitrogen and oxygen atoms in total. The summed E-state index contributed by atoms with van der Waals surface area (Å²) < 4.78 is 1.61. The molecule has 1 aliphatic heterocycles. The average Bonchev–Trinajstić information content (AvgIpc) is 3.03. The molecule has 3 aromatic rings. The Kier molecular flexibility index (Phi) is 4.77. The molecule has 0 radical (unpaired) electrons. The molecule has 0 aliphatic carbocycles. The van der Waals surface area contributed by atoms with E-state index in [2.05, 4.69) is 31.9 Å². The lowest BCUT2D eigenvalue weighted by atomic mass is 10.2. The number of piperazine rings is 1. The van der Waals surface area contributed by atoms with Crippen LogP contribution in [0.4, 0.5) is 5.95 Å². The van der Waals surface area contributed by atoms with Gasteiger partial charge in [0.05, 0.1) is 17.9 Å². The van der Waals surface area contributed by atoms with Crippen molar-refractivity contribution in [3.63, 3.8) is 0 Å². The molecule has 4 rings (SSSR count). The van der Waals surface area contributed by atoms with E-state index in [1.165, 1.54) is 0 Å². The molecule has 1 N–H and O–H groups in total. The molecule has 140 valence electrons. The summed E-state index contributed by atoms with van der Waals surface area (Å²) in [4.78, 5) is 26.1. The van der Waals surface area contributed by atoms with Gasteiger partial charge in [0, 0.05) is 44.0 Å². The summed E-state index contributed by atoms with van der Waals surface area (Å²) in [7, 11) is 2.13. The third-order valence-corrected chi connectivity index (χ3v) is 5.02. The number of anilines is 1. The van der Waals surface area contributed by atoms with E-state index in [4.69, 9.17) is 0 Å². The molecule has 0 unspecified atom stereocenters. The first-order valence-corrected chi connectivity index (χ1v) is 9.21. The van der Waals surface area contributed by atoms with Crippen LogP contribution < -0.4 is 10.5 Å². The van der Waals surface area contributed by atoms with Gasteiger partial charge in [0.1, 0.15) is 0 Å². The third kappa shape index (κ3) is 3.78. The fraction of sp³-hybridized carbons (Fsp3) is 0.350. The minimum Gasteiger partial charge on any atom is -0.338 e. The molecule has 0 amide bonds. The number of aromatic nitrogens is 4. The molecule has 1 saturated heterocycles. The van der Waals surface area contributed by atoms with Crippen molar-refractivity contribution in [1.82, 2.24) is 24.6 Å². The Hall–Kier alpha value is -2.93. The highest BCUT2D eigenvalue weighted by Gasteiger charge is 2.18. The fourth-order valence-corrected chi connectivity index (χ4v) is 3.33. The van der Waals surface area contributed by atoms with Crippen LogP contribution in [0.2, 0.25) is 0 Å². The summed E-state index contributed by atoms with van der Waals surface area (Å²) in [5, 5.41) is 3.20. The van der Waals surface area contributed by atoms with Crippen LogP contribution in [0, 0.1) is 6.92 Å². The zero-order valence-corrected chi connectivity index (χ0v) is 15.7. The lowest BCUT2D eigenvalue weighted by molar-refractivity contribution is 0.311. The van der Waals surface area contributed by atoms with Crippen molar-refractivity contribution in [2.24, 2.45) is 0 Å². The Labute approximate surface area is 158 Å². The van der Waals surface area contributed by atoms with Crippen molar-refractivity contribution >= 4 is 5.95 Å². The second-order valence-corrected chi connectivity index (χ2v) is 7.04. The van der Waals surface area contributed by atoms with E-state index in [9.17, 15) is 4.79 Å². The van der Waals surface area contributed by atoms with Gasteiger partial charge >= 0.3 is 0 Å². The first-order valence-electron chi connectivity index (χ1n) is 9.21. The van der Waals surface area contributed by atoms with E-state index in [-0.39, 0.29) is 5.56 Å². The molecule has 27 heavy (non-hydrogen) atoms. The number of aromatic amines is 1. The maximum Gasteiger partial charge on any atom is 0.267 e. The third-order valence-electron chi connectivity index (χ3n) is 5.02. The van der Waals surface area contributed by atoms with E-state index < -0.39 is 0 Å². The highest BCUT2D eigenvalue weighted by atomic mass is 16.1. The second kappa shape index (κ2) is 7.36. The number of nitrogens with one attached hydrogen (secondary N) is 1. The molecule has 1 fully saturated rings. The molecule has 0 atom stereocenters. The summed E-state index contributed by atoms with van der Waals surface area (Å²) in [5.74, 6) is 0.760. The number of aryl methyl sites for hydroxylation is 1. The number of hydrogen-bond acceptors (Lipinski definition) is 5. The van der Waals surface area contributed by atoms with Gasteiger partial charge in [-0.1, -0.05) is 30.3 Å². The first-order chi connectivity index (χ1) is 13.1. The van der Waals surface area contributed by atoms with Crippen LogP contribution in [-0.4, -0.2) is 57.9 Å². The Morgan fingerprint density at radius 1 is 1.11 bits per heavy atom. The SMILES string of the molecule is Cc1nc(N2CCN(C)CC2)ncc1-c1cc(=O)n(Cc2ccccc2)[nH]1. The highest BCUT2D eigenvalue weighted by Crippen LogP contribution is 2.21. The van der Waals surface area contributed by atoms with Gasteiger partial charge in [-0.2, -0.15) is 0 Å². The fourth-order valence-electron chi connectivity index (χ4n) is 3.33. The van der Waals surface area contributed by atoms with Crippen molar-refractivity contribution in [2.45, 2.75) is 13.5 Å². The molecule has 7 heteroatoms. The van der Waals surface area contributed by atoms with Gasteiger partial charge in [-0.05, 0) is 19.5 Å². The second-order valence-electron chi connectivity index (χ2n) is 7.04. The van der Waals surface area contributed by atoms with Crippen LogP contribution in [0.25, 0.3) is 11.3 Å². The Morgan fingerprint density at radius 3 is 2.56 bits per heavy atom. The molecule has 0 bridgehead atoms.